The molecule has 0 spiro atoms. The third kappa shape index (κ3) is 5.16. The molecule has 10 heteroatoms. The zero-order valence-electron chi connectivity index (χ0n) is 17.0. The number of amides is 2. The van der Waals surface area contributed by atoms with E-state index >= 15 is 0 Å². The van der Waals surface area contributed by atoms with E-state index < -0.39 is 29.3 Å². The molecule has 0 unspecified atom stereocenters. The highest BCUT2D eigenvalue weighted by Crippen LogP contribution is 2.30. The van der Waals surface area contributed by atoms with Crippen LogP contribution in [0.5, 0.6) is 5.75 Å². The third-order valence-corrected chi connectivity index (χ3v) is 4.86. The van der Waals surface area contributed by atoms with Crippen LogP contribution in [0.1, 0.15) is 12.0 Å². The Balaban J connectivity index is 1.57. The second-order valence-corrected chi connectivity index (χ2v) is 7.02. The normalized spacial score (nSPS) is 15.5. The first-order chi connectivity index (χ1) is 14.8. The van der Waals surface area contributed by atoms with Crippen LogP contribution in [0.3, 0.4) is 0 Å². The van der Waals surface area contributed by atoms with Crippen molar-refractivity contribution in [1.82, 2.24) is 0 Å². The Hall–Kier alpha value is -3.95. The molecule has 1 saturated heterocycles. The van der Waals surface area contributed by atoms with Crippen LogP contribution in [0.25, 0.3) is 0 Å². The van der Waals surface area contributed by atoms with Gasteiger partial charge in [0.25, 0.3) is 11.6 Å². The van der Waals surface area contributed by atoms with Crippen molar-refractivity contribution in [2.75, 3.05) is 30.5 Å². The molecule has 31 heavy (non-hydrogen) atoms. The number of hydrogen-bond donors (Lipinski definition) is 1. The van der Waals surface area contributed by atoms with Gasteiger partial charge in [0.2, 0.25) is 5.91 Å². The Morgan fingerprint density at radius 2 is 2.03 bits per heavy atom. The fourth-order valence-corrected chi connectivity index (χ4v) is 3.23. The summed E-state index contributed by atoms with van der Waals surface area (Å²) in [7, 11) is 1.50. The first-order valence-electron chi connectivity index (χ1n) is 9.44. The summed E-state index contributed by atoms with van der Waals surface area (Å²) in [4.78, 5) is 48.7. The molecule has 3 rings (SSSR count). The number of aryl methyl sites for hydroxylation is 1. The van der Waals surface area contributed by atoms with Gasteiger partial charge in [-0.25, -0.2) is 0 Å². The molecule has 2 aromatic rings. The topological polar surface area (TPSA) is 128 Å². The number of carbonyl (C=O) groups is 3. The molecule has 0 saturated carbocycles. The van der Waals surface area contributed by atoms with Crippen molar-refractivity contribution in [3.05, 3.63) is 58.1 Å². The zero-order chi connectivity index (χ0) is 22.5. The number of nitrogens with zero attached hydrogens (tertiary/aromatic N) is 2. The van der Waals surface area contributed by atoms with Crippen LogP contribution in [0.15, 0.2) is 42.5 Å². The lowest BCUT2D eigenvalue weighted by atomic mass is 10.1. The summed E-state index contributed by atoms with van der Waals surface area (Å²) in [6.45, 7) is 1.12. The van der Waals surface area contributed by atoms with Crippen molar-refractivity contribution in [3.63, 3.8) is 0 Å². The molecule has 1 aliphatic rings. The van der Waals surface area contributed by atoms with Crippen LogP contribution in [0.4, 0.5) is 17.1 Å². The number of hydrogen-bond acceptors (Lipinski definition) is 7. The number of benzene rings is 2. The molecule has 0 bridgehead atoms. The molecule has 1 N–H and O–H groups in total. The molecule has 1 fully saturated rings. The van der Waals surface area contributed by atoms with Gasteiger partial charge in [0, 0.05) is 36.3 Å². The Morgan fingerprint density at radius 1 is 1.26 bits per heavy atom. The van der Waals surface area contributed by atoms with Gasteiger partial charge in [-0.3, -0.25) is 24.5 Å². The summed E-state index contributed by atoms with van der Waals surface area (Å²) in [6, 6.07) is 11.2. The Labute approximate surface area is 177 Å². The molecule has 1 aliphatic heterocycles. The van der Waals surface area contributed by atoms with Gasteiger partial charge in [0.05, 0.1) is 23.6 Å². The summed E-state index contributed by atoms with van der Waals surface area (Å²) >= 11 is 0. The fraction of sp³-hybridized carbons (Fsp3) is 0.286. The molecule has 2 amide bonds. The quantitative estimate of drug-likeness (QED) is 0.408. The van der Waals surface area contributed by atoms with Crippen molar-refractivity contribution in [3.8, 4) is 5.75 Å². The second-order valence-electron chi connectivity index (χ2n) is 7.02. The van der Waals surface area contributed by atoms with E-state index in [1.54, 1.807) is 43.3 Å². The Kier molecular flexibility index (Phi) is 6.49. The Bertz CT molecular complexity index is 1040. The van der Waals surface area contributed by atoms with Gasteiger partial charge in [-0.15, -0.1) is 0 Å². The molecular weight excluding hydrogens is 406 g/mol. The van der Waals surface area contributed by atoms with Gasteiger partial charge < -0.3 is 19.7 Å². The molecule has 1 heterocycles. The molecule has 10 nitrogen and oxygen atoms in total. The average molecular weight is 427 g/mol. The van der Waals surface area contributed by atoms with E-state index in [0.717, 1.165) is 0 Å². The number of nitro groups is 1. The molecule has 0 radical (unpaired) electrons. The van der Waals surface area contributed by atoms with Gasteiger partial charge in [0.15, 0.2) is 6.61 Å². The van der Waals surface area contributed by atoms with E-state index in [1.165, 1.54) is 18.1 Å². The lowest BCUT2D eigenvalue weighted by molar-refractivity contribution is -0.385. The fourth-order valence-electron chi connectivity index (χ4n) is 3.23. The first kappa shape index (κ1) is 21.8. The smallest absolute Gasteiger partial charge is 0.311 e. The van der Waals surface area contributed by atoms with E-state index in [-0.39, 0.29) is 24.6 Å². The summed E-state index contributed by atoms with van der Waals surface area (Å²) in [5.74, 6) is -1.76. The summed E-state index contributed by atoms with van der Waals surface area (Å²) in [5, 5.41) is 13.7. The predicted molar refractivity (Wildman–Crippen MR) is 111 cm³/mol. The van der Waals surface area contributed by atoms with Crippen LogP contribution in [-0.4, -0.2) is 43.0 Å². The lowest BCUT2D eigenvalue weighted by Crippen LogP contribution is -2.28. The van der Waals surface area contributed by atoms with Gasteiger partial charge in [-0.1, -0.05) is 12.1 Å². The zero-order valence-corrected chi connectivity index (χ0v) is 17.0. The van der Waals surface area contributed by atoms with Crippen molar-refractivity contribution in [2.45, 2.75) is 13.3 Å². The molecular formula is C21H21N3O7. The van der Waals surface area contributed by atoms with Gasteiger partial charge in [-0.2, -0.15) is 0 Å². The maximum atomic E-state index is 12.4. The maximum absolute atomic E-state index is 12.4. The standard InChI is InChI=1S/C21H21N3O7/c1-13-6-7-16(10-18(13)24(28)29)23-11-14(8-20(23)26)21(27)31-12-19(25)22-15-4-3-5-17(9-15)30-2/h3-7,9-10,14H,8,11-12H2,1-2H3,(H,22,25)/t14-/m1/s1. The number of methoxy groups -OCH3 is 1. The number of ether oxygens (including phenoxy) is 2. The van der Waals surface area contributed by atoms with Crippen LogP contribution in [0.2, 0.25) is 0 Å². The highest BCUT2D eigenvalue weighted by atomic mass is 16.6. The van der Waals surface area contributed by atoms with Gasteiger partial charge >= 0.3 is 5.97 Å². The second kappa shape index (κ2) is 9.24. The minimum atomic E-state index is -0.766. The van der Waals surface area contributed by atoms with Gasteiger partial charge in [-0.05, 0) is 25.1 Å². The first-order valence-corrected chi connectivity index (χ1v) is 9.44. The molecule has 2 aromatic carbocycles. The number of carbonyl (C=O) groups excluding carboxylic acids is 3. The largest absolute Gasteiger partial charge is 0.497 e. The molecule has 1 atom stereocenters. The van der Waals surface area contributed by atoms with Crippen molar-refractivity contribution >= 4 is 34.8 Å². The van der Waals surface area contributed by atoms with Crippen LogP contribution < -0.4 is 15.0 Å². The summed E-state index contributed by atoms with van der Waals surface area (Å²) in [6.07, 6.45) is -0.0992. The van der Waals surface area contributed by atoms with Crippen LogP contribution in [0, 0.1) is 23.0 Å². The number of rotatable bonds is 7. The molecule has 0 aromatic heterocycles. The number of esters is 1. The number of nitrogens with one attached hydrogen (secondary N) is 1. The van der Waals surface area contributed by atoms with Crippen molar-refractivity contribution < 1.29 is 28.8 Å². The van der Waals surface area contributed by atoms with E-state index in [2.05, 4.69) is 5.32 Å². The summed E-state index contributed by atoms with van der Waals surface area (Å²) < 4.78 is 10.1. The third-order valence-electron chi connectivity index (χ3n) is 4.86. The van der Waals surface area contributed by atoms with Crippen molar-refractivity contribution in [2.24, 2.45) is 5.92 Å². The van der Waals surface area contributed by atoms with Crippen LogP contribution >= 0.6 is 0 Å². The lowest BCUT2D eigenvalue weighted by Gasteiger charge is -2.16. The van der Waals surface area contributed by atoms with E-state index in [0.29, 0.717) is 22.7 Å². The van der Waals surface area contributed by atoms with E-state index in [1.807, 2.05) is 0 Å². The average Bonchev–Trinajstić information content (AvgIpc) is 3.14. The summed E-state index contributed by atoms with van der Waals surface area (Å²) in [5.41, 5.74) is 1.20. The highest BCUT2D eigenvalue weighted by molar-refractivity contribution is 6.00. The molecule has 162 valence electrons. The highest BCUT2D eigenvalue weighted by Gasteiger charge is 2.37. The van der Waals surface area contributed by atoms with E-state index in [4.69, 9.17) is 9.47 Å². The van der Waals surface area contributed by atoms with Crippen molar-refractivity contribution in [1.29, 1.82) is 0 Å². The minimum Gasteiger partial charge on any atom is -0.497 e. The van der Waals surface area contributed by atoms with E-state index in [9.17, 15) is 24.5 Å². The predicted octanol–water partition coefficient (Wildman–Crippen LogP) is 2.45. The SMILES string of the molecule is COc1cccc(NC(=O)COC(=O)[C@@H]2CC(=O)N(c3ccc(C)c([N+](=O)[O-])c3)C2)c1. The minimum absolute atomic E-state index is 0.0232. The maximum Gasteiger partial charge on any atom is 0.311 e. The Morgan fingerprint density at radius 3 is 2.74 bits per heavy atom. The van der Waals surface area contributed by atoms with Gasteiger partial charge in [0.1, 0.15) is 5.75 Å². The molecule has 0 aliphatic carbocycles. The van der Waals surface area contributed by atoms with Crippen LogP contribution in [-0.2, 0) is 19.1 Å². The number of nitro benzene ring substituents is 1. The monoisotopic (exact) mass is 427 g/mol. The number of anilines is 2.